The first-order chi connectivity index (χ1) is 9.91. The zero-order valence-corrected chi connectivity index (χ0v) is 19.9. The van der Waals surface area contributed by atoms with Crippen LogP contribution in [0.1, 0.15) is 105 Å². The molecule has 2 atom stereocenters. The summed E-state index contributed by atoms with van der Waals surface area (Å²) < 4.78 is 21.8. The predicted octanol–water partition coefficient (Wildman–Crippen LogP) is 6.33. The molecule has 0 N–H and O–H groups in total. The van der Waals surface area contributed by atoms with E-state index in [-0.39, 0.29) is 22.3 Å². The molecule has 5 nitrogen and oxygen atoms in total. The van der Waals surface area contributed by atoms with Crippen molar-refractivity contribution < 1.29 is 23.4 Å². The molecule has 0 saturated carbocycles. The number of hydrogen-bond acceptors (Lipinski definition) is 6. The first-order valence-corrected chi connectivity index (χ1v) is 12.1. The Kier molecular flexibility index (Phi) is 16.7. The largest absolute Gasteiger partial charge is 0.800 e. The summed E-state index contributed by atoms with van der Waals surface area (Å²) in [6, 6.07) is 0. The van der Waals surface area contributed by atoms with Gasteiger partial charge >= 0.3 is 0 Å². The Morgan fingerprint density at radius 2 is 0.889 bits per heavy atom. The van der Waals surface area contributed by atoms with Gasteiger partial charge in [-0.2, -0.15) is 0 Å². The van der Waals surface area contributed by atoms with Crippen LogP contribution in [0, 0.1) is 0 Å². The summed E-state index contributed by atoms with van der Waals surface area (Å²) in [5.41, 5.74) is -1.06. The Morgan fingerprint density at radius 3 is 0.963 bits per heavy atom. The molecule has 8 heteroatoms. The number of rotatable bonds is 2. The van der Waals surface area contributed by atoms with Crippen LogP contribution < -0.4 is 9.79 Å². The zero-order valence-electron chi connectivity index (χ0n) is 17.3. The third-order valence-electron chi connectivity index (χ3n) is 2.43. The van der Waals surface area contributed by atoms with Crippen molar-refractivity contribution in [1.82, 2.24) is 0 Å². The van der Waals surface area contributed by atoms with Crippen molar-refractivity contribution in [3.05, 3.63) is 0 Å². The highest BCUT2D eigenvalue weighted by Gasteiger charge is 2.31. The van der Waals surface area contributed by atoms with Crippen LogP contribution in [0.5, 0.6) is 0 Å². The molecule has 0 aromatic heterocycles. The van der Waals surface area contributed by atoms with Crippen molar-refractivity contribution in [1.29, 1.82) is 0 Å². The Balaban J connectivity index is -0.000000108. The van der Waals surface area contributed by atoms with Crippen LogP contribution in [0.15, 0.2) is 0 Å². The molecule has 0 fully saturated rings. The molecule has 0 radical (unpaired) electrons. The molecular weight excluding hydrogens is 402 g/mol. The van der Waals surface area contributed by atoms with E-state index in [0.717, 1.165) is 0 Å². The molecule has 0 aromatic rings. The molecule has 0 saturated heterocycles. The van der Waals surface area contributed by atoms with Crippen molar-refractivity contribution >= 4 is 25.9 Å². The Hall–Kier alpha value is 0.720. The van der Waals surface area contributed by atoms with E-state index in [9.17, 15) is 14.4 Å². The predicted molar refractivity (Wildman–Crippen MR) is 123 cm³/mol. The van der Waals surface area contributed by atoms with Gasteiger partial charge in [-0.1, -0.05) is 75.6 Å². The van der Waals surface area contributed by atoms with Crippen molar-refractivity contribution in [3.8, 4) is 0 Å². The molecule has 0 amide bonds. The second-order valence-electron chi connectivity index (χ2n) is 9.74. The fourth-order valence-electron chi connectivity index (χ4n) is 0.995. The maximum Gasteiger partial charge on any atom is 0.140 e. The molecule has 0 spiro atoms. The van der Waals surface area contributed by atoms with Gasteiger partial charge in [-0.25, -0.2) is 0 Å². The van der Waals surface area contributed by atoms with Crippen LogP contribution in [0.2, 0.25) is 0 Å². The van der Waals surface area contributed by atoms with Gasteiger partial charge in [0.2, 0.25) is 0 Å². The van der Waals surface area contributed by atoms with E-state index in [0.29, 0.717) is 0 Å². The molecule has 0 aliphatic heterocycles. The van der Waals surface area contributed by atoms with Gasteiger partial charge in [0.25, 0.3) is 0 Å². The van der Waals surface area contributed by atoms with Gasteiger partial charge in [-0.15, -0.1) is 0 Å². The van der Waals surface area contributed by atoms with Crippen molar-refractivity contribution in [2.45, 2.75) is 127 Å². The summed E-state index contributed by atoms with van der Waals surface area (Å²) in [5, 5.41) is -1.27. The van der Waals surface area contributed by atoms with Crippen molar-refractivity contribution in [2.24, 2.45) is 0 Å². The van der Waals surface area contributed by atoms with Crippen molar-refractivity contribution in [3.63, 3.8) is 0 Å². The van der Waals surface area contributed by atoms with Gasteiger partial charge in [-0.3, -0.25) is 0 Å². The Bertz CT molecular complexity index is 446. The third kappa shape index (κ3) is 17.3. The molecule has 0 aliphatic carbocycles. The van der Waals surface area contributed by atoms with E-state index in [4.69, 9.17) is 20.9 Å². The summed E-state index contributed by atoms with van der Waals surface area (Å²) in [6.45, 7) is 18.3. The van der Waals surface area contributed by atoms with Crippen LogP contribution in [0.4, 0.5) is 0 Å². The first kappa shape index (κ1) is 38.3. The van der Waals surface area contributed by atoms with E-state index in [2.05, 4.69) is 0 Å². The average Bonchev–Trinajstić information content (AvgIpc) is 2.05. The lowest BCUT2D eigenvalue weighted by Crippen LogP contribution is -2.31. The fraction of sp³-hybridized carbons (Fsp3) is 1.00. The van der Waals surface area contributed by atoms with Crippen LogP contribution in [0.3, 0.4) is 0 Å². The lowest BCUT2D eigenvalue weighted by Gasteiger charge is -2.44. The second-order valence-corrected chi connectivity index (χ2v) is 16.2. The molecule has 0 aromatic carbocycles. The maximum absolute atomic E-state index is 11.8. The van der Waals surface area contributed by atoms with E-state index in [1.807, 2.05) is 41.5 Å². The highest BCUT2D eigenvalue weighted by atomic mass is 32.5. The monoisotopic (exact) mass is 450 g/mol. The van der Waals surface area contributed by atoms with E-state index >= 15 is 0 Å². The zero-order chi connectivity index (χ0) is 20.4. The molecule has 0 aliphatic rings. The molecule has 0 rings (SSSR count). The van der Waals surface area contributed by atoms with Gasteiger partial charge in [0.15, 0.2) is 0 Å². The topological polar surface area (TPSA) is 81.7 Å². The lowest BCUT2D eigenvalue weighted by atomic mass is 10.2. The lowest BCUT2D eigenvalue weighted by molar-refractivity contribution is -0.212. The van der Waals surface area contributed by atoms with E-state index in [1.54, 1.807) is 41.5 Å². The van der Waals surface area contributed by atoms with Gasteiger partial charge in [0.05, 0.1) is 11.2 Å². The first-order valence-electron chi connectivity index (χ1n) is 7.95. The van der Waals surface area contributed by atoms with Crippen LogP contribution in [-0.4, -0.2) is 21.5 Å². The summed E-state index contributed by atoms with van der Waals surface area (Å²) in [7, 11) is -3.75. The van der Waals surface area contributed by atoms with Crippen LogP contribution in [-0.2, 0) is 25.4 Å². The highest BCUT2D eigenvalue weighted by Crippen LogP contribution is 2.54. The van der Waals surface area contributed by atoms with Gasteiger partial charge in [0, 0.05) is 16.8 Å². The van der Waals surface area contributed by atoms with Gasteiger partial charge in [-0.05, 0) is 41.5 Å². The second kappa shape index (κ2) is 11.8. The minimum Gasteiger partial charge on any atom is -0.800 e. The minimum absolute atomic E-state index is 0. The smallest absolute Gasteiger partial charge is 0.140 e. The quantitative estimate of drug-likeness (QED) is 0.457. The van der Waals surface area contributed by atoms with Crippen molar-refractivity contribution in [2.75, 3.05) is 0 Å². The summed E-state index contributed by atoms with van der Waals surface area (Å²) in [6.07, 6.45) is 0. The molecular formula is C19H48O5P2S-2. The Morgan fingerprint density at radius 1 is 0.630 bits per heavy atom. The van der Waals surface area contributed by atoms with Crippen LogP contribution in [0.25, 0.3) is 0 Å². The normalized spacial score (nSPS) is 16.8. The van der Waals surface area contributed by atoms with E-state index in [1.165, 1.54) is 0 Å². The Labute approximate surface area is 176 Å². The summed E-state index contributed by atoms with van der Waals surface area (Å²) in [4.78, 5) is 23.3. The van der Waals surface area contributed by atoms with Gasteiger partial charge < -0.3 is 23.4 Å². The molecule has 2 unspecified atom stereocenters. The fourth-order valence-corrected chi connectivity index (χ4v) is 3.66. The standard InChI is InChI=1S/C8H19O3P.C8H19O2PS.3CH4/c1-7(2,3)11-12(9,10)8(4,5)6;1-7(2,3)10-11(9,12)8(4,5)6;;;/h1-6H3,(H,9,10);1-6H3,(H,9,12);3*1H4/p-2. The number of hydrogen-bond donors (Lipinski definition) is 0. The maximum atomic E-state index is 11.8. The SMILES string of the molecule is C.C.C.CC(C)(C)OP(=O)([O-])C(C)(C)C.CC(C)(C)OP([O-])(=S)C(C)(C)C. The third-order valence-corrected chi connectivity index (χ3v) is 9.16. The van der Waals surface area contributed by atoms with Crippen LogP contribution >= 0.6 is 14.1 Å². The molecule has 27 heavy (non-hydrogen) atoms. The van der Waals surface area contributed by atoms with Gasteiger partial charge in [0.1, 0.15) is 7.60 Å². The molecule has 0 heterocycles. The summed E-state index contributed by atoms with van der Waals surface area (Å²) in [5.74, 6) is 0. The average molecular weight is 451 g/mol. The highest BCUT2D eigenvalue weighted by molar-refractivity contribution is 8.09. The summed E-state index contributed by atoms with van der Waals surface area (Å²) >= 11 is 4.96. The van der Waals surface area contributed by atoms with E-state index < -0.39 is 35.6 Å². The molecule has 0 bridgehead atoms. The minimum atomic E-state index is -3.75. The molecule has 172 valence electrons.